The Labute approximate surface area is 221 Å². The molecule has 10 heteroatoms. The molecule has 3 aromatic rings. The lowest BCUT2D eigenvalue weighted by Gasteiger charge is -2.30. The molecule has 0 bridgehead atoms. The Morgan fingerprint density at radius 1 is 1.05 bits per heavy atom. The highest BCUT2D eigenvalue weighted by Gasteiger charge is 2.32. The second-order valence-corrected chi connectivity index (χ2v) is 9.87. The zero-order valence-corrected chi connectivity index (χ0v) is 21.1. The van der Waals surface area contributed by atoms with Gasteiger partial charge in [0.25, 0.3) is 5.91 Å². The first kappa shape index (κ1) is 25.7. The normalized spacial score (nSPS) is 16.7. The minimum absolute atomic E-state index is 0.227. The molecule has 3 aromatic carbocycles. The molecule has 0 aliphatic carbocycles. The average molecular weight is 541 g/mol. The van der Waals surface area contributed by atoms with Crippen LogP contribution in [0.1, 0.15) is 29.7 Å². The van der Waals surface area contributed by atoms with E-state index < -0.39 is 17.6 Å². The van der Waals surface area contributed by atoms with E-state index in [1.165, 1.54) is 34.9 Å². The molecule has 1 N–H and O–H groups in total. The molecule has 0 saturated carbocycles. The maximum atomic E-state index is 13.4. The lowest BCUT2D eigenvalue weighted by molar-refractivity contribution is -0.137. The Hall–Kier alpha value is -3.92. The Balaban J connectivity index is 1.34. The SMILES string of the molecule is C[C@H](NC(=O)CN1C(=O)/C(=C/c2ccc(C(F)(F)F)cc2)Sc2ccccc21)c1ccc2c(c1)OCCO2. The van der Waals surface area contributed by atoms with E-state index in [1.807, 2.05) is 31.2 Å². The van der Waals surface area contributed by atoms with Crippen LogP contribution in [0.15, 0.2) is 76.5 Å². The van der Waals surface area contributed by atoms with Gasteiger partial charge >= 0.3 is 6.18 Å². The number of hydrogen-bond acceptors (Lipinski definition) is 5. The van der Waals surface area contributed by atoms with Crippen LogP contribution in [0, 0.1) is 0 Å². The fourth-order valence-corrected chi connectivity index (χ4v) is 5.24. The number of benzene rings is 3. The quantitative estimate of drug-likeness (QED) is 0.413. The number of thioether (sulfide) groups is 1. The molecule has 0 radical (unpaired) electrons. The van der Waals surface area contributed by atoms with Crippen molar-refractivity contribution in [3.8, 4) is 11.5 Å². The highest BCUT2D eigenvalue weighted by atomic mass is 32.2. The number of carbonyl (C=O) groups is 2. The van der Waals surface area contributed by atoms with Crippen molar-refractivity contribution in [2.75, 3.05) is 24.7 Å². The van der Waals surface area contributed by atoms with Gasteiger partial charge in [-0.1, -0.05) is 42.1 Å². The summed E-state index contributed by atoms with van der Waals surface area (Å²) in [5.74, 6) is 0.496. The van der Waals surface area contributed by atoms with Crippen LogP contribution in [0.2, 0.25) is 0 Å². The van der Waals surface area contributed by atoms with Gasteiger partial charge in [0.15, 0.2) is 11.5 Å². The van der Waals surface area contributed by atoms with E-state index in [9.17, 15) is 22.8 Å². The third-order valence-corrected chi connectivity index (χ3v) is 7.19. The Kier molecular flexibility index (Phi) is 7.07. The Bertz CT molecular complexity index is 1410. The number of hydrogen-bond donors (Lipinski definition) is 1. The molecule has 0 spiro atoms. The van der Waals surface area contributed by atoms with Gasteiger partial charge in [0.2, 0.25) is 5.91 Å². The van der Waals surface area contributed by atoms with E-state index in [4.69, 9.17) is 9.47 Å². The van der Waals surface area contributed by atoms with Gasteiger partial charge in [-0.05, 0) is 60.5 Å². The van der Waals surface area contributed by atoms with Crippen molar-refractivity contribution >= 4 is 35.3 Å². The summed E-state index contributed by atoms with van der Waals surface area (Å²) in [7, 11) is 0. The van der Waals surface area contributed by atoms with E-state index >= 15 is 0 Å². The molecule has 0 unspecified atom stereocenters. The summed E-state index contributed by atoms with van der Waals surface area (Å²) >= 11 is 1.21. The fourth-order valence-electron chi connectivity index (χ4n) is 4.18. The molecular weight excluding hydrogens is 517 g/mol. The highest BCUT2D eigenvalue weighted by Crippen LogP contribution is 2.42. The van der Waals surface area contributed by atoms with Crippen LogP contribution in [0.3, 0.4) is 0 Å². The lowest BCUT2D eigenvalue weighted by Crippen LogP contribution is -2.43. The number of nitrogens with zero attached hydrogens (tertiary/aromatic N) is 1. The third-order valence-electron chi connectivity index (χ3n) is 6.11. The number of nitrogens with one attached hydrogen (secondary N) is 1. The van der Waals surface area contributed by atoms with Crippen molar-refractivity contribution in [3.05, 3.63) is 88.3 Å². The van der Waals surface area contributed by atoms with Gasteiger partial charge < -0.3 is 14.8 Å². The highest BCUT2D eigenvalue weighted by molar-refractivity contribution is 8.04. The molecule has 2 amide bonds. The van der Waals surface area contributed by atoms with Crippen molar-refractivity contribution in [1.82, 2.24) is 5.32 Å². The van der Waals surface area contributed by atoms with Crippen LogP contribution < -0.4 is 19.7 Å². The molecule has 6 nitrogen and oxygen atoms in total. The molecule has 2 aliphatic heterocycles. The van der Waals surface area contributed by atoms with Gasteiger partial charge in [-0.2, -0.15) is 13.2 Å². The Morgan fingerprint density at radius 3 is 2.50 bits per heavy atom. The summed E-state index contributed by atoms with van der Waals surface area (Å²) in [6, 6.07) is 16.9. The molecule has 0 fully saturated rings. The van der Waals surface area contributed by atoms with Crippen molar-refractivity contribution < 1.29 is 32.2 Å². The van der Waals surface area contributed by atoms with E-state index in [2.05, 4.69) is 5.32 Å². The third kappa shape index (κ3) is 5.50. The van der Waals surface area contributed by atoms with Crippen molar-refractivity contribution in [2.45, 2.75) is 24.0 Å². The molecule has 0 saturated heterocycles. The number of amides is 2. The van der Waals surface area contributed by atoms with E-state index in [1.54, 1.807) is 18.2 Å². The summed E-state index contributed by atoms with van der Waals surface area (Å²) in [5.41, 5.74) is 1.10. The first-order chi connectivity index (χ1) is 18.2. The second kappa shape index (κ2) is 10.4. The van der Waals surface area contributed by atoms with E-state index in [0.717, 1.165) is 22.6 Å². The largest absolute Gasteiger partial charge is 0.486 e. The molecule has 0 aromatic heterocycles. The minimum atomic E-state index is -4.44. The van der Waals surface area contributed by atoms with Crippen LogP contribution in [0.4, 0.5) is 18.9 Å². The molecule has 2 heterocycles. The number of halogens is 3. The lowest BCUT2D eigenvalue weighted by atomic mass is 10.1. The number of fused-ring (bicyclic) bond motifs is 2. The van der Waals surface area contributed by atoms with Gasteiger partial charge in [-0.3, -0.25) is 14.5 Å². The van der Waals surface area contributed by atoms with Crippen LogP contribution in [-0.2, 0) is 15.8 Å². The summed E-state index contributed by atoms with van der Waals surface area (Å²) in [5, 5.41) is 2.92. The summed E-state index contributed by atoms with van der Waals surface area (Å²) in [6.45, 7) is 2.54. The van der Waals surface area contributed by atoms with Gasteiger partial charge in [-0.25, -0.2) is 0 Å². The maximum absolute atomic E-state index is 13.4. The predicted octanol–water partition coefficient (Wildman–Crippen LogP) is 5.83. The summed E-state index contributed by atoms with van der Waals surface area (Å²) in [6.07, 6.45) is -2.91. The molecule has 5 rings (SSSR count). The van der Waals surface area contributed by atoms with Gasteiger partial charge in [0, 0.05) is 4.90 Å². The Morgan fingerprint density at radius 2 is 1.76 bits per heavy atom. The van der Waals surface area contributed by atoms with Gasteiger partial charge in [0.05, 0.1) is 22.2 Å². The van der Waals surface area contributed by atoms with Gasteiger partial charge in [-0.15, -0.1) is 0 Å². The summed E-state index contributed by atoms with van der Waals surface area (Å²) < 4.78 is 49.9. The van der Waals surface area contributed by atoms with Crippen molar-refractivity contribution in [3.63, 3.8) is 0 Å². The van der Waals surface area contributed by atoms with Crippen LogP contribution in [0.5, 0.6) is 11.5 Å². The molecule has 196 valence electrons. The second-order valence-electron chi connectivity index (χ2n) is 8.78. The van der Waals surface area contributed by atoms with Crippen molar-refractivity contribution in [2.24, 2.45) is 0 Å². The minimum Gasteiger partial charge on any atom is -0.486 e. The number of rotatable bonds is 5. The zero-order chi connectivity index (χ0) is 26.9. The first-order valence-corrected chi connectivity index (χ1v) is 12.7. The number of alkyl halides is 3. The number of ether oxygens (including phenoxy) is 2. The molecule has 38 heavy (non-hydrogen) atoms. The van der Waals surface area contributed by atoms with Crippen LogP contribution in [-0.4, -0.2) is 31.6 Å². The summed E-state index contributed by atoms with van der Waals surface area (Å²) in [4.78, 5) is 28.9. The maximum Gasteiger partial charge on any atom is 0.416 e. The zero-order valence-electron chi connectivity index (χ0n) is 20.2. The average Bonchev–Trinajstić information content (AvgIpc) is 2.90. The standard InChI is InChI=1S/C28H23F3N2O4S/c1-17(19-8-11-22-23(15-19)37-13-12-36-22)32-26(34)16-33-21-4-2-3-5-24(21)38-25(27(33)35)14-18-6-9-20(10-7-18)28(29,30)31/h2-11,14-15,17H,12-13,16H2,1H3,(H,32,34)/b25-14-/t17-/m0/s1. The molecular formula is C28H23F3N2O4S. The number of anilines is 1. The monoisotopic (exact) mass is 540 g/mol. The fraction of sp³-hybridized carbons (Fsp3) is 0.214. The van der Waals surface area contributed by atoms with E-state index in [-0.39, 0.29) is 18.5 Å². The predicted molar refractivity (Wildman–Crippen MR) is 138 cm³/mol. The molecule has 1 atom stereocenters. The van der Waals surface area contributed by atoms with Crippen LogP contribution >= 0.6 is 11.8 Å². The topological polar surface area (TPSA) is 67.9 Å². The number of carbonyl (C=O) groups excluding carboxylic acids is 2. The van der Waals surface area contributed by atoms with E-state index in [0.29, 0.717) is 40.9 Å². The molecule has 2 aliphatic rings. The first-order valence-electron chi connectivity index (χ1n) is 11.9. The van der Waals surface area contributed by atoms with Crippen molar-refractivity contribution in [1.29, 1.82) is 0 Å². The van der Waals surface area contributed by atoms with Crippen LogP contribution in [0.25, 0.3) is 6.08 Å². The smallest absolute Gasteiger partial charge is 0.416 e. The number of para-hydroxylation sites is 1. The van der Waals surface area contributed by atoms with Gasteiger partial charge in [0.1, 0.15) is 19.8 Å².